The third-order valence-corrected chi connectivity index (χ3v) is 4.28. The van der Waals surface area contributed by atoms with E-state index < -0.39 is 0 Å². The lowest BCUT2D eigenvalue weighted by Crippen LogP contribution is -2.33. The maximum Gasteiger partial charge on any atom is 0.173 e. The van der Waals surface area contributed by atoms with E-state index in [9.17, 15) is 0 Å². The standard InChI is InChI=1S/C12H18BrN3OS/c1-8(7-18-3)16(2)10-6-4-5-9(13)11(10)12(14)15-17/h4-6,8,17H,7H2,1-3H3,(H2,14,15). The van der Waals surface area contributed by atoms with Crippen molar-refractivity contribution < 1.29 is 5.21 Å². The average Bonchev–Trinajstić information content (AvgIpc) is 2.37. The van der Waals surface area contributed by atoms with Crippen LogP contribution in [0.5, 0.6) is 0 Å². The van der Waals surface area contributed by atoms with Gasteiger partial charge in [0, 0.05) is 29.0 Å². The van der Waals surface area contributed by atoms with Crippen LogP contribution in [0.4, 0.5) is 5.69 Å². The molecule has 4 nitrogen and oxygen atoms in total. The van der Waals surface area contributed by atoms with Gasteiger partial charge < -0.3 is 15.8 Å². The number of hydrogen-bond acceptors (Lipinski definition) is 4. The summed E-state index contributed by atoms with van der Waals surface area (Å²) in [6.45, 7) is 2.15. The Morgan fingerprint density at radius 1 is 1.61 bits per heavy atom. The number of amidine groups is 1. The monoisotopic (exact) mass is 331 g/mol. The first-order valence-electron chi connectivity index (χ1n) is 5.51. The van der Waals surface area contributed by atoms with Crippen LogP contribution in [0.15, 0.2) is 27.8 Å². The first-order valence-corrected chi connectivity index (χ1v) is 7.69. The zero-order valence-electron chi connectivity index (χ0n) is 10.7. The molecular formula is C12H18BrN3OS. The highest BCUT2D eigenvalue weighted by atomic mass is 79.9. The van der Waals surface area contributed by atoms with E-state index >= 15 is 0 Å². The fourth-order valence-corrected chi connectivity index (χ4v) is 2.97. The molecule has 0 amide bonds. The number of nitrogens with two attached hydrogens (primary N) is 1. The Morgan fingerprint density at radius 3 is 2.83 bits per heavy atom. The molecule has 18 heavy (non-hydrogen) atoms. The first kappa shape index (κ1) is 15.2. The van der Waals surface area contributed by atoms with Gasteiger partial charge in [0.2, 0.25) is 0 Å². The van der Waals surface area contributed by atoms with Crippen LogP contribution in [-0.2, 0) is 0 Å². The Hall–Kier alpha value is -0.880. The number of thioether (sulfide) groups is 1. The summed E-state index contributed by atoms with van der Waals surface area (Å²) >= 11 is 5.23. The minimum Gasteiger partial charge on any atom is -0.409 e. The normalized spacial score (nSPS) is 13.4. The fourth-order valence-electron chi connectivity index (χ4n) is 1.70. The molecule has 0 saturated carbocycles. The number of hydrogen-bond donors (Lipinski definition) is 2. The average molecular weight is 332 g/mol. The van der Waals surface area contributed by atoms with Gasteiger partial charge in [-0.05, 0) is 41.2 Å². The van der Waals surface area contributed by atoms with E-state index in [-0.39, 0.29) is 5.84 Å². The Bertz CT molecular complexity index is 439. The van der Waals surface area contributed by atoms with Crippen molar-refractivity contribution in [3.63, 3.8) is 0 Å². The van der Waals surface area contributed by atoms with Gasteiger partial charge in [-0.3, -0.25) is 0 Å². The summed E-state index contributed by atoms with van der Waals surface area (Å²) in [6, 6.07) is 6.15. The van der Waals surface area contributed by atoms with Crippen LogP contribution in [0.1, 0.15) is 12.5 Å². The molecule has 3 N–H and O–H groups in total. The summed E-state index contributed by atoms with van der Waals surface area (Å²) in [5.74, 6) is 1.12. The highest BCUT2D eigenvalue weighted by molar-refractivity contribution is 9.10. The summed E-state index contributed by atoms with van der Waals surface area (Å²) in [7, 11) is 2.01. The van der Waals surface area contributed by atoms with Crippen molar-refractivity contribution in [3.05, 3.63) is 28.2 Å². The summed E-state index contributed by atoms with van der Waals surface area (Å²) in [6.07, 6.45) is 2.08. The van der Waals surface area contributed by atoms with Crippen LogP contribution in [0.3, 0.4) is 0 Å². The quantitative estimate of drug-likeness (QED) is 0.377. The van der Waals surface area contributed by atoms with Crippen molar-refractivity contribution in [2.75, 3.05) is 24.0 Å². The minimum absolute atomic E-state index is 0.112. The highest BCUT2D eigenvalue weighted by Crippen LogP contribution is 2.28. The van der Waals surface area contributed by atoms with Gasteiger partial charge in [-0.15, -0.1) is 0 Å². The van der Waals surface area contributed by atoms with Crippen LogP contribution in [0.25, 0.3) is 0 Å². The van der Waals surface area contributed by atoms with Gasteiger partial charge in [0.05, 0.1) is 5.56 Å². The van der Waals surface area contributed by atoms with Gasteiger partial charge >= 0.3 is 0 Å². The number of nitrogens with zero attached hydrogens (tertiary/aromatic N) is 2. The molecule has 6 heteroatoms. The van der Waals surface area contributed by atoms with E-state index in [4.69, 9.17) is 10.9 Å². The van der Waals surface area contributed by atoms with Gasteiger partial charge in [0.25, 0.3) is 0 Å². The van der Waals surface area contributed by atoms with Crippen molar-refractivity contribution in [2.45, 2.75) is 13.0 Å². The third-order valence-electron chi connectivity index (χ3n) is 2.80. The fraction of sp³-hybridized carbons (Fsp3) is 0.417. The first-order chi connectivity index (χ1) is 8.52. The van der Waals surface area contributed by atoms with Gasteiger partial charge in [0.15, 0.2) is 5.84 Å². The molecule has 0 saturated heterocycles. The van der Waals surface area contributed by atoms with Gasteiger partial charge in [-0.1, -0.05) is 11.2 Å². The van der Waals surface area contributed by atoms with Crippen molar-refractivity contribution in [1.82, 2.24) is 0 Å². The van der Waals surface area contributed by atoms with Crippen molar-refractivity contribution in [2.24, 2.45) is 10.9 Å². The van der Waals surface area contributed by atoms with Crippen LogP contribution >= 0.6 is 27.7 Å². The zero-order chi connectivity index (χ0) is 13.7. The highest BCUT2D eigenvalue weighted by Gasteiger charge is 2.17. The van der Waals surface area contributed by atoms with Gasteiger partial charge in [-0.2, -0.15) is 11.8 Å². The Labute approximate surface area is 120 Å². The summed E-state index contributed by atoms with van der Waals surface area (Å²) in [5, 5.41) is 12.0. The maximum absolute atomic E-state index is 8.88. The van der Waals surface area contributed by atoms with E-state index in [2.05, 4.69) is 39.2 Å². The van der Waals surface area contributed by atoms with E-state index in [0.29, 0.717) is 6.04 Å². The van der Waals surface area contributed by atoms with Crippen LogP contribution in [0.2, 0.25) is 0 Å². The summed E-state index contributed by atoms with van der Waals surface area (Å²) < 4.78 is 0.818. The molecule has 0 radical (unpaired) electrons. The SMILES string of the molecule is CSCC(C)N(C)c1cccc(Br)c1/C(N)=N/O. The van der Waals surface area contributed by atoms with E-state index in [1.165, 1.54) is 0 Å². The largest absolute Gasteiger partial charge is 0.409 e. The lowest BCUT2D eigenvalue weighted by Gasteiger charge is -2.28. The second kappa shape index (κ2) is 6.89. The molecule has 1 atom stereocenters. The van der Waals surface area contributed by atoms with Crippen LogP contribution in [0, 0.1) is 0 Å². The van der Waals surface area contributed by atoms with Crippen molar-refractivity contribution in [3.8, 4) is 0 Å². The maximum atomic E-state index is 8.88. The molecule has 1 rings (SSSR count). The molecule has 100 valence electrons. The predicted octanol–water partition coefficient (Wildman–Crippen LogP) is 2.73. The molecule has 1 aromatic rings. The second-order valence-corrected chi connectivity index (χ2v) is 5.80. The molecule has 0 bridgehead atoms. The second-order valence-electron chi connectivity index (χ2n) is 4.03. The lowest BCUT2D eigenvalue weighted by molar-refractivity contribution is 0.318. The number of oxime groups is 1. The summed E-state index contributed by atoms with van der Waals surface area (Å²) in [5.41, 5.74) is 7.41. The molecular weight excluding hydrogens is 314 g/mol. The molecule has 0 spiro atoms. The molecule has 0 aliphatic rings. The van der Waals surface area contributed by atoms with Crippen LogP contribution in [-0.4, -0.2) is 36.1 Å². The van der Waals surface area contributed by atoms with Gasteiger partial charge in [-0.25, -0.2) is 0 Å². The predicted molar refractivity (Wildman–Crippen MR) is 82.9 cm³/mol. The molecule has 0 fully saturated rings. The number of halogens is 1. The summed E-state index contributed by atoms with van der Waals surface area (Å²) in [4.78, 5) is 2.13. The zero-order valence-corrected chi connectivity index (χ0v) is 13.1. The smallest absolute Gasteiger partial charge is 0.173 e. The minimum atomic E-state index is 0.112. The molecule has 1 aromatic carbocycles. The van der Waals surface area contributed by atoms with E-state index in [1.54, 1.807) is 11.8 Å². The van der Waals surface area contributed by atoms with E-state index in [1.807, 2.05) is 25.2 Å². The number of benzene rings is 1. The molecule has 0 heterocycles. The molecule has 1 unspecified atom stereocenters. The molecule has 0 aromatic heterocycles. The Morgan fingerprint density at radius 2 is 2.28 bits per heavy atom. The lowest BCUT2D eigenvalue weighted by atomic mass is 10.1. The van der Waals surface area contributed by atoms with Crippen LogP contribution < -0.4 is 10.6 Å². The topological polar surface area (TPSA) is 61.8 Å². The Balaban J connectivity index is 3.20. The molecule has 0 aliphatic carbocycles. The Kier molecular flexibility index (Phi) is 5.81. The van der Waals surface area contributed by atoms with E-state index in [0.717, 1.165) is 21.5 Å². The number of rotatable bonds is 5. The van der Waals surface area contributed by atoms with Crippen molar-refractivity contribution in [1.29, 1.82) is 0 Å². The molecule has 0 aliphatic heterocycles. The van der Waals surface area contributed by atoms with Crippen molar-refractivity contribution >= 4 is 39.2 Å². The van der Waals surface area contributed by atoms with Gasteiger partial charge in [0.1, 0.15) is 0 Å². The third kappa shape index (κ3) is 3.32. The number of anilines is 1.